The summed E-state index contributed by atoms with van der Waals surface area (Å²) in [5.74, 6) is 0.259. The van der Waals surface area contributed by atoms with E-state index in [0.29, 0.717) is 27.5 Å². The number of hydrogen-bond donors (Lipinski definition) is 0. The average Bonchev–Trinajstić information content (AvgIpc) is 4.06. The van der Waals surface area contributed by atoms with Gasteiger partial charge in [-0.05, 0) is 65.7 Å². The molecule has 0 aliphatic rings. The Morgan fingerprint density at radius 3 is 1.75 bits per heavy atom. The molecule has 4 aromatic heterocycles. The molecule has 0 saturated carbocycles. The van der Waals surface area contributed by atoms with Crippen molar-refractivity contribution in [1.82, 2.24) is 24.1 Å². The van der Waals surface area contributed by atoms with Crippen LogP contribution in [-0.4, -0.2) is 24.1 Å². The van der Waals surface area contributed by atoms with Crippen LogP contribution in [0, 0.1) is 0 Å². The molecule has 6 heteroatoms. The zero-order chi connectivity index (χ0) is 48.8. The predicted octanol–water partition coefficient (Wildman–Crippen LogP) is 13.0. The summed E-state index contributed by atoms with van der Waals surface area (Å²) in [5, 5.41) is 2.77. The zero-order valence-electron chi connectivity index (χ0n) is 42.5. The highest BCUT2D eigenvalue weighted by molar-refractivity contribution is 6.14. The summed E-state index contributed by atoms with van der Waals surface area (Å²) in [6, 6.07) is 26.2. The molecule has 8 aromatic carbocycles. The number of aromatic nitrogens is 5. The van der Waals surface area contributed by atoms with Crippen LogP contribution in [0.1, 0.15) is 17.8 Å². The Bertz CT molecular complexity index is 4150. The van der Waals surface area contributed by atoms with E-state index >= 15 is 0 Å². The lowest BCUT2D eigenvalue weighted by Crippen LogP contribution is -2.08. The molecule has 0 N–H and O–H groups in total. The van der Waals surface area contributed by atoms with E-state index in [4.69, 9.17) is 34.4 Å². The maximum absolute atomic E-state index is 9.22. The lowest BCUT2D eigenvalue weighted by molar-refractivity contribution is 0.669. The highest BCUT2D eigenvalue weighted by Gasteiger charge is 2.22. The Balaban J connectivity index is 1.22. The fourth-order valence-corrected chi connectivity index (χ4v) is 7.94. The third kappa shape index (κ3) is 4.81. The van der Waals surface area contributed by atoms with Crippen LogP contribution in [0.3, 0.4) is 0 Å². The summed E-state index contributed by atoms with van der Waals surface area (Å²) in [6.07, 6.45) is 0. The molecule has 0 radical (unpaired) electrons. The van der Waals surface area contributed by atoms with Gasteiger partial charge >= 0.3 is 0 Å². The van der Waals surface area contributed by atoms with Gasteiger partial charge in [0.1, 0.15) is 11.2 Å². The number of fused-ring (bicyclic) bond motifs is 9. The molecule has 12 aromatic rings. The summed E-state index contributed by atoms with van der Waals surface area (Å²) in [4.78, 5) is 15.4. The van der Waals surface area contributed by atoms with Crippen LogP contribution in [0.2, 0.25) is 0 Å². The van der Waals surface area contributed by atoms with Gasteiger partial charge in [-0.15, -0.1) is 0 Å². The first-order valence-corrected chi connectivity index (χ1v) is 18.1. The topological polar surface area (TPSA) is 61.7 Å². The quantitative estimate of drug-likeness (QED) is 0.176. The summed E-state index contributed by atoms with van der Waals surface area (Å²) in [6.45, 7) is 0. The van der Waals surface area contributed by atoms with Crippen molar-refractivity contribution in [2.45, 2.75) is 0 Å². The van der Waals surface area contributed by atoms with Gasteiger partial charge in [0.15, 0.2) is 11.6 Å². The highest BCUT2D eigenvalue weighted by Crippen LogP contribution is 2.41. The molecule has 0 saturated heterocycles. The normalized spacial score (nSPS) is 15.1. The summed E-state index contributed by atoms with van der Waals surface area (Å²) >= 11 is 0. The highest BCUT2D eigenvalue weighted by atomic mass is 16.3. The van der Waals surface area contributed by atoms with E-state index in [1.165, 1.54) is 4.57 Å². The van der Waals surface area contributed by atoms with Crippen molar-refractivity contribution in [1.29, 1.82) is 0 Å². The number of nitrogens with zero attached hydrogens (tertiary/aromatic N) is 5. The molecule has 0 amide bonds. The molecule has 0 aliphatic heterocycles. The second-order valence-electron chi connectivity index (χ2n) is 13.4. The first kappa shape index (κ1) is 21.3. The van der Waals surface area contributed by atoms with Gasteiger partial charge in [0.05, 0.1) is 45.6 Å². The third-order valence-electron chi connectivity index (χ3n) is 10.3. The van der Waals surface area contributed by atoms with Crippen molar-refractivity contribution < 1.29 is 22.2 Å². The van der Waals surface area contributed by atoms with Crippen molar-refractivity contribution >= 4 is 65.6 Å². The number of hydrogen-bond acceptors (Lipinski definition) is 4. The first-order chi connectivity index (χ1) is 33.7. The molecule has 0 fully saturated rings. The molecule has 0 atom stereocenters. The predicted molar refractivity (Wildman–Crippen MR) is 232 cm³/mol. The lowest BCUT2D eigenvalue weighted by Gasteiger charge is -2.15. The fourth-order valence-electron chi connectivity index (χ4n) is 7.94. The van der Waals surface area contributed by atoms with Gasteiger partial charge < -0.3 is 8.98 Å². The number of furan rings is 1. The van der Waals surface area contributed by atoms with Crippen molar-refractivity contribution in [3.05, 3.63) is 188 Å². The maximum atomic E-state index is 9.22. The minimum absolute atomic E-state index is 0.0446. The minimum Gasteiger partial charge on any atom is -0.456 e. The van der Waals surface area contributed by atoms with Crippen molar-refractivity contribution in [3.8, 4) is 45.5 Å². The smallest absolute Gasteiger partial charge is 0.238 e. The van der Waals surface area contributed by atoms with Gasteiger partial charge in [0.2, 0.25) is 5.95 Å². The van der Waals surface area contributed by atoms with E-state index in [-0.39, 0.29) is 61.8 Å². The van der Waals surface area contributed by atoms with Crippen LogP contribution < -0.4 is 0 Å². The van der Waals surface area contributed by atoms with Crippen LogP contribution in [0.4, 0.5) is 0 Å². The second-order valence-corrected chi connectivity index (χ2v) is 13.4. The third-order valence-corrected chi connectivity index (χ3v) is 10.3. The Kier molecular flexibility index (Phi) is 4.62. The van der Waals surface area contributed by atoms with E-state index in [9.17, 15) is 2.74 Å². The minimum atomic E-state index is -0.570. The molecule has 4 heterocycles. The standard InChI is InChI=1S/C51H31N5O/c1-2-16-32(17-3-1)40-30-33(31-47-48(40)39-23-9-15-29-46(39)57-47)49-52-50(54-51(53-49)56-43-26-12-6-20-36(43)37-21-7-13-27-44(37)56)38-22-8-14-28-45(38)55-41-24-10-4-18-34(41)35-19-5-11-25-42(35)55/h1-31H/i1D,2D,3D,4D,5D,10D,11D,16D,17D,18D,19D,24D,25D. The number of benzene rings is 8. The van der Waals surface area contributed by atoms with Crippen LogP contribution in [0.25, 0.3) is 111 Å². The Hall–Kier alpha value is -7.83. The zero-order valence-corrected chi connectivity index (χ0v) is 29.5. The fraction of sp³-hybridized carbons (Fsp3) is 0. The van der Waals surface area contributed by atoms with E-state index in [1.54, 1.807) is 48.5 Å². The molecular formula is C51H31N5O. The van der Waals surface area contributed by atoms with Gasteiger partial charge in [-0.2, -0.15) is 9.97 Å². The Labute approximate surface area is 344 Å². The van der Waals surface area contributed by atoms with Gasteiger partial charge in [0.25, 0.3) is 0 Å². The van der Waals surface area contributed by atoms with Crippen LogP contribution in [-0.2, 0) is 0 Å². The monoisotopic (exact) mass is 742 g/mol. The van der Waals surface area contributed by atoms with Crippen molar-refractivity contribution in [2.24, 2.45) is 0 Å². The number of rotatable bonds is 5. The number of para-hydroxylation sites is 6. The van der Waals surface area contributed by atoms with E-state index < -0.39 is 78.6 Å². The van der Waals surface area contributed by atoms with Crippen molar-refractivity contribution in [2.75, 3.05) is 0 Å². The Morgan fingerprint density at radius 1 is 0.421 bits per heavy atom. The molecule has 266 valence electrons. The molecule has 12 rings (SSSR count). The lowest BCUT2D eigenvalue weighted by atomic mass is 9.97. The Morgan fingerprint density at radius 2 is 1.02 bits per heavy atom. The first-order valence-electron chi connectivity index (χ1n) is 24.6. The molecule has 0 bridgehead atoms. The molecule has 0 aliphatic carbocycles. The van der Waals surface area contributed by atoms with E-state index in [2.05, 4.69) is 0 Å². The van der Waals surface area contributed by atoms with Crippen LogP contribution in [0.5, 0.6) is 0 Å². The molecule has 6 nitrogen and oxygen atoms in total. The molecule has 57 heavy (non-hydrogen) atoms. The summed E-state index contributed by atoms with van der Waals surface area (Å²) in [7, 11) is 0. The summed E-state index contributed by atoms with van der Waals surface area (Å²) < 4.78 is 125. The largest absolute Gasteiger partial charge is 0.456 e. The summed E-state index contributed by atoms with van der Waals surface area (Å²) in [5.41, 5.74) is 3.15. The van der Waals surface area contributed by atoms with Gasteiger partial charge in [0, 0.05) is 43.4 Å². The van der Waals surface area contributed by atoms with Crippen LogP contribution >= 0.6 is 0 Å². The second kappa shape index (κ2) is 12.3. The van der Waals surface area contributed by atoms with E-state index in [1.807, 2.05) is 65.2 Å². The molecule has 0 unspecified atom stereocenters. The average molecular weight is 743 g/mol. The maximum Gasteiger partial charge on any atom is 0.238 e. The molecular weight excluding hydrogens is 699 g/mol. The van der Waals surface area contributed by atoms with Gasteiger partial charge in [-0.3, -0.25) is 4.57 Å². The van der Waals surface area contributed by atoms with Crippen LogP contribution in [0.15, 0.2) is 192 Å². The van der Waals surface area contributed by atoms with E-state index in [0.717, 1.165) is 21.8 Å². The molecule has 0 spiro atoms. The SMILES string of the molecule is [2H]c1c([2H])c([2H])c(-c2cc(-c3nc(-c4ccccc4-n4c5c([2H])c([2H])c([2H])c([2H])c5c5c([2H])c([2H])c([2H])c([2H])c54)nc(-n4c5ccccc5c5ccccc54)n3)cc3oc4ccccc4c23)c([2H])c1[2H]. The van der Waals surface area contributed by atoms with Gasteiger partial charge in [-0.25, -0.2) is 4.98 Å². The van der Waals surface area contributed by atoms with Gasteiger partial charge in [-0.1, -0.05) is 133 Å². The van der Waals surface area contributed by atoms with Crippen molar-refractivity contribution in [3.63, 3.8) is 0 Å².